The number of nitrogens with two attached hydrogens (primary N) is 1. The van der Waals surface area contributed by atoms with E-state index in [-0.39, 0.29) is 4.90 Å². The van der Waals surface area contributed by atoms with Crippen LogP contribution in [-0.2, 0) is 16.6 Å². The number of hydrogen-bond acceptors (Lipinski definition) is 4. The Balaban J connectivity index is 1.67. The van der Waals surface area contributed by atoms with Crippen LogP contribution in [0.2, 0.25) is 0 Å². The molecule has 30 heavy (non-hydrogen) atoms. The molecule has 0 aliphatic carbocycles. The van der Waals surface area contributed by atoms with Crippen molar-refractivity contribution in [2.75, 3.05) is 26.2 Å². The minimum Gasteiger partial charge on any atom is -0.357 e. The quantitative estimate of drug-likeness (QED) is 0.441. The summed E-state index contributed by atoms with van der Waals surface area (Å²) in [5, 5.41) is 11.9. The first-order valence-corrected chi connectivity index (χ1v) is 11.9. The van der Waals surface area contributed by atoms with E-state index in [0.717, 1.165) is 37.7 Å². The van der Waals surface area contributed by atoms with E-state index in [1.54, 1.807) is 12.1 Å². The molecule has 7 nitrogen and oxygen atoms in total. The lowest BCUT2D eigenvalue weighted by Crippen LogP contribution is -2.42. The molecule has 1 saturated heterocycles. The summed E-state index contributed by atoms with van der Waals surface area (Å²) in [7, 11) is -3.68. The van der Waals surface area contributed by atoms with Gasteiger partial charge in [-0.15, -0.1) is 0 Å². The number of rotatable bonds is 8. The lowest BCUT2D eigenvalue weighted by molar-refractivity contribution is 0.245. The zero-order valence-electron chi connectivity index (χ0n) is 17.4. The molecule has 0 spiro atoms. The first kappa shape index (κ1) is 22.3. The maximum absolute atomic E-state index is 11.4. The van der Waals surface area contributed by atoms with Gasteiger partial charge in [0, 0.05) is 13.1 Å². The molecule has 1 heterocycles. The minimum atomic E-state index is -3.68. The van der Waals surface area contributed by atoms with Gasteiger partial charge in [0.05, 0.1) is 17.5 Å². The SMILES string of the molecule is CCNC(=NCc1ccc(S(N)(=O)=O)cc1)NCC(c1ccccc1)N1CCCC1. The monoisotopic (exact) mass is 429 g/mol. The fourth-order valence-electron chi connectivity index (χ4n) is 3.68. The molecule has 1 fully saturated rings. The van der Waals surface area contributed by atoms with Crippen LogP contribution in [0, 0.1) is 0 Å². The van der Waals surface area contributed by atoms with Crippen molar-refractivity contribution in [1.82, 2.24) is 15.5 Å². The van der Waals surface area contributed by atoms with Gasteiger partial charge in [0.1, 0.15) is 0 Å². The maximum Gasteiger partial charge on any atom is 0.238 e. The summed E-state index contributed by atoms with van der Waals surface area (Å²) in [4.78, 5) is 7.30. The van der Waals surface area contributed by atoms with Crippen molar-refractivity contribution in [2.24, 2.45) is 10.1 Å². The van der Waals surface area contributed by atoms with Gasteiger partial charge in [-0.1, -0.05) is 42.5 Å². The van der Waals surface area contributed by atoms with Gasteiger partial charge in [-0.2, -0.15) is 0 Å². The number of likely N-dealkylation sites (tertiary alicyclic amines) is 1. The first-order chi connectivity index (χ1) is 14.5. The molecule has 1 atom stereocenters. The van der Waals surface area contributed by atoms with Crippen LogP contribution in [0.25, 0.3) is 0 Å². The Morgan fingerprint density at radius 2 is 1.73 bits per heavy atom. The molecule has 4 N–H and O–H groups in total. The third-order valence-electron chi connectivity index (χ3n) is 5.24. The number of sulfonamides is 1. The smallest absolute Gasteiger partial charge is 0.238 e. The van der Waals surface area contributed by atoms with Gasteiger partial charge in [0.15, 0.2) is 5.96 Å². The van der Waals surface area contributed by atoms with Crippen LogP contribution >= 0.6 is 0 Å². The van der Waals surface area contributed by atoms with Gasteiger partial charge in [-0.25, -0.2) is 18.5 Å². The summed E-state index contributed by atoms with van der Waals surface area (Å²) < 4.78 is 22.8. The van der Waals surface area contributed by atoms with Crippen LogP contribution in [0.4, 0.5) is 0 Å². The van der Waals surface area contributed by atoms with Crippen LogP contribution in [0.5, 0.6) is 0 Å². The number of aliphatic imine (C=N–C) groups is 1. The highest BCUT2D eigenvalue weighted by Gasteiger charge is 2.23. The zero-order valence-corrected chi connectivity index (χ0v) is 18.2. The molecule has 1 aliphatic heterocycles. The number of nitrogens with zero attached hydrogens (tertiary/aromatic N) is 2. The molecule has 162 valence electrons. The second-order valence-corrected chi connectivity index (χ2v) is 9.00. The first-order valence-electron chi connectivity index (χ1n) is 10.4. The number of guanidine groups is 1. The minimum absolute atomic E-state index is 0.108. The number of benzene rings is 2. The maximum atomic E-state index is 11.4. The van der Waals surface area contributed by atoms with Gasteiger partial charge in [0.25, 0.3) is 0 Å². The summed E-state index contributed by atoms with van der Waals surface area (Å²) in [6.45, 7) is 6.24. The van der Waals surface area contributed by atoms with Crippen molar-refractivity contribution in [1.29, 1.82) is 0 Å². The summed E-state index contributed by atoms with van der Waals surface area (Å²) in [5.41, 5.74) is 2.22. The van der Waals surface area contributed by atoms with Crippen LogP contribution in [0.1, 0.15) is 36.9 Å². The van der Waals surface area contributed by atoms with Crippen LogP contribution in [0.3, 0.4) is 0 Å². The van der Waals surface area contributed by atoms with E-state index >= 15 is 0 Å². The van der Waals surface area contributed by atoms with Gasteiger partial charge >= 0.3 is 0 Å². The predicted molar refractivity (Wildman–Crippen MR) is 121 cm³/mol. The average Bonchev–Trinajstić information content (AvgIpc) is 3.27. The predicted octanol–water partition coefficient (Wildman–Crippen LogP) is 2.23. The second-order valence-electron chi connectivity index (χ2n) is 7.43. The fraction of sp³-hybridized carbons (Fsp3) is 0.409. The van der Waals surface area contributed by atoms with Crippen LogP contribution in [0.15, 0.2) is 64.5 Å². The molecule has 2 aromatic carbocycles. The van der Waals surface area contributed by atoms with Gasteiger partial charge in [-0.05, 0) is 56.1 Å². The number of nitrogens with one attached hydrogen (secondary N) is 2. The molecular formula is C22H31N5O2S. The fourth-order valence-corrected chi connectivity index (χ4v) is 4.19. The lowest BCUT2D eigenvalue weighted by Gasteiger charge is -2.29. The summed E-state index contributed by atoms with van der Waals surface area (Å²) >= 11 is 0. The summed E-state index contributed by atoms with van der Waals surface area (Å²) in [6.07, 6.45) is 2.48. The van der Waals surface area contributed by atoms with Gasteiger partial charge in [-0.3, -0.25) is 4.90 Å². The van der Waals surface area contributed by atoms with Crippen LogP contribution in [-0.4, -0.2) is 45.5 Å². The molecule has 0 bridgehead atoms. The van der Waals surface area contributed by atoms with E-state index in [1.807, 2.05) is 13.0 Å². The highest BCUT2D eigenvalue weighted by Crippen LogP contribution is 2.24. The average molecular weight is 430 g/mol. The Labute approximate surface area is 179 Å². The number of hydrogen-bond donors (Lipinski definition) is 3. The highest BCUT2D eigenvalue weighted by atomic mass is 32.2. The molecule has 0 saturated carbocycles. The van der Waals surface area contributed by atoms with Crippen molar-refractivity contribution in [2.45, 2.75) is 37.2 Å². The molecule has 2 aromatic rings. The van der Waals surface area contributed by atoms with Crippen molar-refractivity contribution >= 4 is 16.0 Å². The molecule has 1 aliphatic rings. The van der Waals surface area contributed by atoms with Crippen molar-refractivity contribution in [3.05, 3.63) is 65.7 Å². The molecule has 3 rings (SSSR count). The Morgan fingerprint density at radius 3 is 2.33 bits per heavy atom. The lowest BCUT2D eigenvalue weighted by atomic mass is 10.1. The van der Waals surface area contributed by atoms with Gasteiger partial charge in [0.2, 0.25) is 10.0 Å². The molecule has 8 heteroatoms. The summed E-state index contributed by atoms with van der Waals surface area (Å²) in [5.74, 6) is 0.744. The largest absolute Gasteiger partial charge is 0.357 e. The molecule has 0 amide bonds. The standard InChI is InChI=1S/C22H31N5O2S/c1-2-24-22(25-16-18-10-12-20(13-11-18)30(23,28)29)26-17-21(27-14-6-7-15-27)19-8-4-3-5-9-19/h3-5,8-13,21H,2,6-7,14-17H2,1H3,(H2,23,28,29)(H2,24,25,26). The Morgan fingerprint density at radius 1 is 1.07 bits per heavy atom. The third-order valence-corrected chi connectivity index (χ3v) is 6.17. The Kier molecular flexibility index (Phi) is 7.84. The van der Waals surface area contributed by atoms with E-state index in [1.165, 1.54) is 30.5 Å². The van der Waals surface area contributed by atoms with E-state index in [2.05, 4.69) is 44.8 Å². The molecule has 0 radical (unpaired) electrons. The third kappa shape index (κ3) is 6.29. The van der Waals surface area contributed by atoms with Crippen molar-refractivity contribution in [3.63, 3.8) is 0 Å². The van der Waals surface area contributed by atoms with Gasteiger partial charge < -0.3 is 10.6 Å². The molecule has 1 unspecified atom stereocenters. The second kappa shape index (κ2) is 10.6. The normalized spacial score (nSPS) is 16.4. The van der Waals surface area contributed by atoms with Crippen LogP contribution < -0.4 is 15.8 Å². The zero-order chi connectivity index (χ0) is 21.4. The van der Waals surface area contributed by atoms with E-state index in [4.69, 9.17) is 5.14 Å². The number of primary sulfonamides is 1. The van der Waals surface area contributed by atoms with Crippen molar-refractivity contribution in [3.8, 4) is 0 Å². The summed E-state index contributed by atoms with van der Waals surface area (Å²) in [6, 6.07) is 17.4. The highest BCUT2D eigenvalue weighted by molar-refractivity contribution is 7.89. The van der Waals surface area contributed by atoms with E-state index in [9.17, 15) is 8.42 Å². The Hall–Kier alpha value is -2.42. The van der Waals surface area contributed by atoms with Crippen molar-refractivity contribution < 1.29 is 8.42 Å². The van der Waals surface area contributed by atoms with E-state index < -0.39 is 10.0 Å². The van der Waals surface area contributed by atoms with E-state index in [0.29, 0.717) is 12.6 Å². The Bertz CT molecular complexity index is 924. The topological polar surface area (TPSA) is 99.8 Å². The molecule has 0 aromatic heterocycles. The molecular weight excluding hydrogens is 398 g/mol.